The van der Waals surface area contributed by atoms with Gasteiger partial charge >= 0.3 is 12.3 Å². The number of nitrogens with one attached hydrogen (secondary N) is 2. The van der Waals surface area contributed by atoms with Gasteiger partial charge in [0.25, 0.3) is 5.91 Å². The standard InChI is InChI=1S/C18H23F3N4O3/c1-10(11-3-4-11)23-15(26)12-8-22-14(18(19,20)21)7-13(12)25-6-5-17(2,9-25)24-16(27)28/h7-8,10-11,24H,3-6,9H2,1-2H3,(H,23,26)(H,27,28)/t10?,17-/m0/s1. The fourth-order valence-electron chi connectivity index (χ4n) is 3.56. The maximum Gasteiger partial charge on any atom is 0.433 e. The number of pyridine rings is 1. The predicted molar refractivity (Wildman–Crippen MR) is 95.3 cm³/mol. The number of rotatable bonds is 5. The summed E-state index contributed by atoms with van der Waals surface area (Å²) in [5.41, 5.74) is -1.74. The van der Waals surface area contributed by atoms with Crippen LogP contribution in [0.5, 0.6) is 0 Å². The van der Waals surface area contributed by atoms with Crippen LogP contribution in [0.15, 0.2) is 12.3 Å². The summed E-state index contributed by atoms with van der Waals surface area (Å²) in [5.74, 6) is -0.0833. The van der Waals surface area contributed by atoms with E-state index in [0.29, 0.717) is 18.9 Å². The number of anilines is 1. The molecule has 0 bridgehead atoms. The molecule has 1 aliphatic heterocycles. The lowest BCUT2D eigenvalue weighted by molar-refractivity contribution is -0.141. The van der Waals surface area contributed by atoms with Gasteiger partial charge in [-0.05, 0) is 45.1 Å². The molecule has 1 unspecified atom stereocenters. The second-order valence-electron chi connectivity index (χ2n) is 7.85. The SMILES string of the molecule is CC(NC(=O)c1cnc(C(F)(F)F)cc1N1CC[C@](C)(NC(=O)O)C1)C1CC1. The van der Waals surface area contributed by atoms with Crippen LogP contribution < -0.4 is 15.5 Å². The quantitative estimate of drug-likeness (QED) is 0.707. The average Bonchev–Trinajstić information content (AvgIpc) is 3.36. The summed E-state index contributed by atoms with van der Waals surface area (Å²) >= 11 is 0. The molecule has 1 saturated carbocycles. The van der Waals surface area contributed by atoms with Crippen LogP contribution in [0.25, 0.3) is 0 Å². The molecular formula is C18H23F3N4O3. The topological polar surface area (TPSA) is 94.6 Å². The van der Waals surface area contributed by atoms with Crippen molar-refractivity contribution < 1.29 is 27.9 Å². The van der Waals surface area contributed by atoms with Crippen molar-refractivity contribution >= 4 is 17.7 Å². The lowest BCUT2D eigenvalue weighted by atomic mass is 10.0. The van der Waals surface area contributed by atoms with Crippen molar-refractivity contribution in [3.63, 3.8) is 0 Å². The van der Waals surface area contributed by atoms with E-state index in [1.165, 1.54) is 0 Å². The molecular weight excluding hydrogens is 377 g/mol. The fraction of sp³-hybridized carbons (Fsp3) is 0.611. The summed E-state index contributed by atoms with van der Waals surface area (Å²) in [6.45, 7) is 4.02. The van der Waals surface area contributed by atoms with E-state index >= 15 is 0 Å². The Hall–Kier alpha value is -2.52. The summed E-state index contributed by atoms with van der Waals surface area (Å²) in [5, 5.41) is 14.2. The third-order valence-corrected chi connectivity index (χ3v) is 5.33. The largest absolute Gasteiger partial charge is 0.465 e. The highest BCUT2D eigenvalue weighted by Crippen LogP contribution is 2.36. The van der Waals surface area contributed by atoms with Gasteiger partial charge in [-0.15, -0.1) is 0 Å². The third kappa shape index (κ3) is 4.48. The molecule has 10 heteroatoms. The number of halogens is 3. The van der Waals surface area contributed by atoms with Gasteiger partial charge in [-0.3, -0.25) is 9.78 Å². The Morgan fingerprint density at radius 1 is 1.39 bits per heavy atom. The Balaban J connectivity index is 1.90. The third-order valence-electron chi connectivity index (χ3n) is 5.33. The first-order chi connectivity index (χ1) is 13.0. The molecule has 3 rings (SSSR count). The first kappa shape index (κ1) is 20.2. The molecule has 2 aliphatic rings. The molecule has 2 atom stereocenters. The van der Waals surface area contributed by atoms with Crippen LogP contribution in [0.2, 0.25) is 0 Å². The van der Waals surface area contributed by atoms with Crippen molar-refractivity contribution in [3.05, 3.63) is 23.5 Å². The van der Waals surface area contributed by atoms with Gasteiger partial charge in [-0.1, -0.05) is 0 Å². The summed E-state index contributed by atoms with van der Waals surface area (Å²) in [4.78, 5) is 28.7. The summed E-state index contributed by atoms with van der Waals surface area (Å²) in [6.07, 6.45) is -2.45. The Morgan fingerprint density at radius 3 is 2.64 bits per heavy atom. The highest BCUT2D eigenvalue weighted by Gasteiger charge is 2.39. The van der Waals surface area contributed by atoms with Crippen molar-refractivity contribution in [1.82, 2.24) is 15.6 Å². The monoisotopic (exact) mass is 400 g/mol. The van der Waals surface area contributed by atoms with Gasteiger partial charge in [0.2, 0.25) is 0 Å². The van der Waals surface area contributed by atoms with Crippen LogP contribution in [0.3, 0.4) is 0 Å². The van der Waals surface area contributed by atoms with Crippen LogP contribution in [0.1, 0.15) is 49.2 Å². The van der Waals surface area contributed by atoms with Crippen LogP contribution in [0, 0.1) is 5.92 Å². The molecule has 0 aromatic carbocycles. The van der Waals surface area contributed by atoms with E-state index in [-0.39, 0.29) is 23.8 Å². The number of carbonyl (C=O) groups excluding carboxylic acids is 1. The van der Waals surface area contributed by atoms with E-state index in [1.807, 2.05) is 6.92 Å². The molecule has 1 aromatic heterocycles. The Bertz CT molecular complexity index is 782. The molecule has 1 aromatic rings. The van der Waals surface area contributed by atoms with E-state index in [2.05, 4.69) is 15.6 Å². The summed E-state index contributed by atoms with van der Waals surface area (Å²) in [7, 11) is 0. The molecule has 0 spiro atoms. The number of alkyl halides is 3. The molecule has 28 heavy (non-hydrogen) atoms. The van der Waals surface area contributed by atoms with Crippen LogP contribution in [0.4, 0.5) is 23.7 Å². The van der Waals surface area contributed by atoms with Gasteiger partial charge in [0.1, 0.15) is 5.69 Å². The van der Waals surface area contributed by atoms with E-state index in [0.717, 1.165) is 25.1 Å². The molecule has 3 N–H and O–H groups in total. The maximum absolute atomic E-state index is 13.2. The predicted octanol–water partition coefficient (Wildman–Crippen LogP) is 2.87. The Kier molecular flexibility index (Phi) is 5.16. The highest BCUT2D eigenvalue weighted by molar-refractivity contribution is 5.99. The van der Waals surface area contributed by atoms with E-state index in [9.17, 15) is 22.8 Å². The Morgan fingerprint density at radius 2 is 2.07 bits per heavy atom. The minimum absolute atomic E-state index is 0.0556. The van der Waals surface area contributed by atoms with E-state index in [1.54, 1.807) is 11.8 Å². The van der Waals surface area contributed by atoms with Crippen LogP contribution in [-0.4, -0.2) is 46.8 Å². The van der Waals surface area contributed by atoms with E-state index in [4.69, 9.17) is 5.11 Å². The van der Waals surface area contributed by atoms with Crippen molar-refractivity contribution in [2.24, 2.45) is 5.92 Å². The number of amides is 2. The smallest absolute Gasteiger partial charge is 0.433 e. The van der Waals surface area contributed by atoms with Crippen molar-refractivity contribution in [2.45, 2.75) is 50.9 Å². The number of aromatic nitrogens is 1. The normalized spacial score (nSPS) is 23.4. The summed E-state index contributed by atoms with van der Waals surface area (Å²) < 4.78 is 39.5. The number of carbonyl (C=O) groups is 2. The van der Waals surface area contributed by atoms with Gasteiger partial charge < -0.3 is 20.6 Å². The number of nitrogens with zero attached hydrogens (tertiary/aromatic N) is 2. The fourth-order valence-corrected chi connectivity index (χ4v) is 3.56. The Labute approximate surface area is 160 Å². The first-order valence-electron chi connectivity index (χ1n) is 9.13. The average molecular weight is 400 g/mol. The zero-order valence-corrected chi connectivity index (χ0v) is 15.6. The highest BCUT2D eigenvalue weighted by atomic mass is 19.4. The van der Waals surface area contributed by atoms with Crippen molar-refractivity contribution in [1.29, 1.82) is 0 Å². The first-order valence-corrected chi connectivity index (χ1v) is 9.13. The maximum atomic E-state index is 13.2. The van der Waals surface area contributed by atoms with Gasteiger partial charge in [0.05, 0.1) is 16.8 Å². The van der Waals surface area contributed by atoms with Gasteiger partial charge in [-0.2, -0.15) is 13.2 Å². The molecule has 154 valence electrons. The van der Waals surface area contributed by atoms with E-state index < -0.39 is 29.4 Å². The molecule has 1 aliphatic carbocycles. The van der Waals surface area contributed by atoms with Crippen LogP contribution in [-0.2, 0) is 6.18 Å². The zero-order valence-electron chi connectivity index (χ0n) is 15.6. The van der Waals surface area contributed by atoms with Gasteiger partial charge in [0.15, 0.2) is 0 Å². The zero-order chi connectivity index (χ0) is 20.7. The minimum Gasteiger partial charge on any atom is -0.465 e. The minimum atomic E-state index is -4.65. The van der Waals surface area contributed by atoms with Gasteiger partial charge in [-0.25, -0.2) is 4.79 Å². The molecule has 7 nitrogen and oxygen atoms in total. The lowest BCUT2D eigenvalue weighted by Gasteiger charge is -2.27. The molecule has 2 heterocycles. The summed E-state index contributed by atoms with van der Waals surface area (Å²) in [6, 6.07) is 0.795. The number of hydrogen-bond donors (Lipinski definition) is 3. The number of hydrogen-bond acceptors (Lipinski definition) is 4. The van der Waals surface area contributed by atoms with Gasteiger partial charge in [0, 0.05) is 25.3 Å². The lowest BCUT2D eigenvalue weighted by Crippen LogP contribution is -2.47. The van der Waals surface area contributed by atoms with Crippen molar-refractivity contribution in [2.75, 3.05) is 18.0 Å². The second-order valence-corrected chi connectivity index (χ2v) is 7.85. The van der Waals surface area contributed by atoms with Crippen LogP contribution >= 0.6 is 0 Å². The number of carboxylic acid groups (broad SMARTS) is 1. The molecule has 0 radical (unpaired) electrons. The molecule has 1 saturated heterocycles. The van der Waals surface area contributed by atoms with Crippen molar-refractivity contribution in [3.8, 4) is 0 Å². The molecule has 2 amide bonds. The second kappa shape index (κ2) is 7.14. The molecule has 2 fully saturated rings.